The number of para-hydroxylation sites is 1. The maximum Gasteiger partial charge on any atom is 0.147 e. The van der Waals surface area contributed by atoms with E-state index in [9.17, 15) is 0 Å². The number of hydrogen-bond donors (Lipinski definition) is 0. The van der Waals surface area contributed by atoms with Gasteiger partial charge in [-0.2, -0.15) is 0 Å². The fourth-order valence-electron chi connectivity index (χ4n) is 4.13. The fourth-order valence-corrected chi connectivity index (χ4v) is 4.13. The number of anilines is 1. The summed E-state index contributed by atoms with van der Waals surface area (Å²) >= 11 is 0. The molecule has 1 aromatic heterocycles. The molecule has 0 unspecified atom stereocenters. The van der Waals surface area contributed by atoms with Gasteiger partial charge in [0.15, 0.2) is 0 Å². The van der Waals surface area contributed by atoms with Gasteiger partial charge < -0.3 is 14.2 Å². The lowest BCUT2D eigenvalue weighted by Gasteiger charge is -2.18. The Balaban J connectivity index is 0.00000289. The first kappa shape index (κ1) is 24.3. The molecule has 1 aliphatic heterocycles. The second kappa shape index (κ2) is 11.5. The molecule has 0 saturated heterocycles. The van der Waals surface area contributed by atoms with Gasteiger partial charge in [0.05, 0.1) is 12.3 Å². The molecule has 0 aliphatic carbocycles. The van der Waals surface area contributed by atoms with Crippen molar-refractivity contribution in [2.75, 3.05) is 25.0 Å². The molecular weight excluding hydrogens is 456 g/mol. The number of allylic oxidation sites excluding steroid dienone is 1. The van der Waals surface area contributed by atoms with E-state index in [4.69, 9.17) is 9.73 Å². The zero-order chi connectivity index (χ0) is 23.2. The highest BCUT2D eigenvalue weighted by atomic mass is 35.5. The molecule has 0 fully saturated rings. The van der Waals surface area contributed by atoms with Crippen LogP contribution in [-0.4, -0.2) is 35.4 Å². The van der Waals surface area contributed by atoms with Gasteiger partial charge in [0.25, 0.3) is 0 Å². The lowest BCUT2D eigenvalue weighted by Crippen LogP contribution is -2.20. The molecule has 35 heavy (non-hydrogen) atoms. The molecule has 3 aromatic carbocycles. The van der Waals surface area contributed by atoms with Crippen LogP contribution in [0.4, 0.5) is 5.69 Å². The van der Waals surface area contributed by atoms with E-state index in [2.05, 4.69) is 94.3 Å². The third kappa shape index (κ3) is 6.00. The lowest BCUT2D eigenvalue weighted by molar-refractivity contribution is 0.290. The number of benzodiazepines with no additional fused rings is 1. The topological polar surface area (TPSA) is 42.6 Å². The Bertz CT molecular complexity index is 1310. The minimum absolute atomic E-state index is 0. The monoisotopic (exact) mass is 484 g/mol. The first-order valence-electron chi connectivity index (χ1n) is 11.6. The van der Waals surface area contributed by atoms with Crippen molar-refractivity contribution >= 4 is 29.9 Å². The summed E-state index contributed by atoms with van der Waals surface area (Å²) < 4.78 is 8.22. The van der Waals surface area contributed by atoms with Crippen molar-refractivity contribution in [2.24, 2.45) is 4.99 Å². The number of fused-ring (bicyclic) bond motifs is 1. The van der Waals surface area contributed by atoms with Crippen molar-refractivity contribution in [1.82, 2.24) is 9.55 Å². The number of nitrogens with zero attached hydrogens (tertiary/aromatic N) is 4. The standard InChI is InChI=1S/C29H28N4O.ClH/c1-32-18-16-30-27(26-12-5-6-13-28(26)32)15-14-23-10-7-11-25(20-23)34-22-29-31-17-19-33(29)21-24-8-3-2-4-9-24;/h2-15,17,19-20H,16,18,21-22H2,1H3;1H/b15-14+;. The first-order valence-corrected chi connectivity index (χ1v) is 11.6. The third-order valence-electron chi connectivity index (χ3n) is 5.97. The van der Waals surface area contributed by atoms with E-state index in [0.29, 0.717) is 6.61 Å². The smallest absolute Gasteiger partial charge is 0.147 e. The summed E-state index contributed by atoms with van der Waals surface area (Å²) in [7, 11) is 2.12. The van der Waals surface area contributed by atoms with Gasteiger partial charge in [-0.25, -0.2) is 4.98 Å². The van der Waals surface area contributed by atoms with Gasteiger partial charge in [-0.05, 0) is 35.4 Å². The van der Waals surface area contributed by atoms with E-state index in [1.54, 1.807) is 0 Å². The molecule has 6 heteroatoms. The van der Waals surface area contributed by atoms with E-state index < -0.39 is 0 Å². The van der Waals surface area contributed by atoms with Crippen molar-refractivity contribution in [3.63, 3.8) is 0 Å². The highest BCUT2D eigenvalue weighted by Gasteiger charge is 2.13. The summed E-state index contributed by atoms with van der Waals surface area (Å²) in [5.41, 5.74) is 5.70. The summed E-state index contributed by atoms with van der Waals surface area (Å²) in [6, 6.07) is 26.9. The van der Waals surface area contributed by atoms with Crippen molar-refractivity contribution in [3.8, 4) is 5.75 Å². The Kier molecular flexibility index (Phi) is 8.01. The third-order valence-corrected chi connectivity index (χ3v) is 5.97. The quantitative estimate of drug-likeness (QED) is 0.329. The van der Waals surface area contributed by atoms with Gasteiger partial charge >= 0.3 is 0 Å². The van der Waals surface area contributed by atoms with Crippen molar-refractivity contribution in [2.45, 2.75) is 13.2 Å². The number of benzene rings is 3. The van der Waals surface area contributed by atoms with Crippen LogP contribution in [-0.2, 0) is 13.2 Å². The molecule has 5 rings (SSSR count). The van der Waals surface area contributed by atoms with Crippen molar-refractivity contribution in [1.29, 1.82) is 0 Å². The van der Waals surface area contributed by atoms with Crippen LogP contribution >= 0.6 is 12.4 Å². The van der Waals surface area contributed by atoms with Gasteiger partial charge in [-0.15, -0.1) is 12.4 Å². The average molecular weight is 485 g/mol. The number of ether oxygens (including phenoxy) is 1. The van der Waals surface area contributed by atoms with E-state index in [0.717, 1.165) is 48.0 Å². The van der Waals surface area contributed by atoms with Crippen LogP contribution in [0.2, 0.25) is 0 Å². The fraction of sp³-hybridized carbons (Fsp3) is 0.172. The molecule has 2 heterocycles. The predicted molar refractivity (Wildman–Crippen MR) is 146 cm³/mol. The molecule has 0 amide bonds. The van der Waals surface area contributed by atoms with Crippen LogP contribution in [0.1, 0.15) is 22.5 Å². The number of hydrogen-bond acceptors (Lipinski definition) is 4. The minimum Gasteiger partial charge on any atom is -0.486 e. The Labute approximate surface area is 212 Å². The van der Waals surface area contributed by atoms with Gasteiger partial charge in [-0.3, -0.25) is 4.99 Å². The van der Waals surface area contributed by atoms with Crippen LogP contribution in [0.5, 0.6) is 5.75 Å². The highest BCUT2D eigenvalue weighted by Crippen LogP contribution is 2.23. The maximum absolute atomic E-state index is 6.10. The molecule has 0 saturated carbocycles. The molecule has 0 bridgehead atoms. The molecule has 0 spiro atoms. The van der Waals surface area contributed by atoms with Gasteiger partial charge in [0, 0.05) is 43.8 Å². The summed E-state index contributed by atoms with van der Waals surface area (Å²) in [4.78, 5) is 11.6. The zero-order valence-electron chi connectivity index (χ0n) is 19.7. The molecule has 5 nitrogen and oxygen atoms in total. The number of imidazole rings is 1. The Morgan fingerprint density at radius 2 is 1.77 bits per heavy atom. The second-order valence-corrected chi connectivity index (χ2v) is 8.36. The van der Waals surface area contributed by atoms with Crippen LogP contribution in [0.25, 0.3) is 6.08 Å². The molecular formula is C29H29ClN4O. The Hall–Kier alpha value is -3.83. The zero-order valence-corrected chi connectivity index (χ0v) is 20.6. The van der Waals surface area contributed by atoms with Gasteiger partial charge in [0.1, 0.15) is 18.2 Å². The largest absolute Gasteiger partial charge is 0.486 e. The summed E-state index contributed by atoms with van der Waals surface area (Å²) in [6.07, 6.45) is 8.02. The molecule has 4 aromatic rings. The van der Waals surface area contributed by atoms with Gasteiger partial charge in [0.2, 0.25) is 0 Å². The lowest BCUT2D eigenvalue weighted by atomic mass is 10.1. The number of aliphatic imine (C=N–C) groups is 1. The molecule has 0 radical (unpaired) electrons. The van der Waals surface area contributed by atoms with Gasteiger partial charge in [-0.1, -0.05) is 66.7 Å². The number of rotatable bonds is 7. The molecule has 0 atom stereocenters. The SMILES string of the molecule is CN1CCN=C(/C=C/c2cccc(OCc3nccn3Cc3ccccc3)c2)c2ccccc21.Cl. The number of likely N-dealkylation sites (N-methyl/N-ethyl adjacent to an activating group) is 1. The van der Waals surface area contributed by atoms with E-state index in [-0.39, 0.29) is 12.4 Å². The molecule has 1 aliphatic rings. The van der Waals surface area contributed by atoms with E-state index >= 15 is 0 Å². The van der Waals surface area contributed by atoms with Crippen LogP contribution in [0.15, 0.2) is 102 Å². The second-order valence-electron chi connectivity index (χ2n) is 8.36. The average Bonchev–Trinajstić information content (AvgIpc) is 3.25. The maximum atomic E-state index is 6.10. The van der Waals surface area contributed by atoms with Crippen LogP contribution in [0.3, 0.4) is 0 Å². The number of halogens is 1. The van der Waals surface area contributed by atoms with Crippen molar-refractivity contribution in [3.05, 3.63) is 120 Å². The summed E-state index contributed by atoms with van der Waals surface area (Å²) in [5.74, 6) is 1.72. The molecule has 0 N–H and O–H groups in total. The van der Waals surface area contributed by atoms with Crippen molar-refractivity contribution < 1.29 is 4.74 Å². The van der Waals surface area contributed by atoms with E-state index in [1.807, 2.05) is 30.6 Å². The first-order chi connectivity index (χ1) is 16.8. The Morgan fingerprint density at radius 1 is 0.943 bits per heavy atom. The number of aromatic nitrogens is 2. The minimum atomic E-state index is 0. The highest BCUT2D eigenvalue weighted by molar-refractivity contribution is 6.14. The normalized spacial score (nSPS) is 13.1. The predicted octanol–water partition coefficient (Wildman–Crippen LogP) is 5.88. The summed E-state index contributed by atoms with van der Waals surface area (Å²) in [6.45, 7) is 2.89. The van der Waals surface area contributed by atoms with E-state index in [1.165, 1.54) is 11.3 Å². The Morgan fingerprint density at radius 3 is 2.66 bits per heavy atom. The summed E-state index contributed by atoms with van der Waals surface area (Å²) in [5, 5.41) is 0. The molecule has 178 valence electrons. The van der Waals surface area contributed by atoms with Crippen LogP contribution in [0, 0.1) is 0 Å². The van der Waals surface area contributed by atoms with Crippen LogP contribution < -0.4 is 9.64 Å².